The molecule has 3 heterocycles. The van der Waals surface area contributed by atoms with Crippen LogP contribution in [0.25, 0.3) is 6.08 Å². The summed E-state index contributed by atoms with van der Waals surface area (Å²) in [6, 6.07) is 0. The average Bonchev–Trinajstić information content (AvgIpc) is 2.90. The molecule has 1 N–H and O–H groups in total. The number of thioether (sulfide) groups is 1. The van der Waals surface area contributed by atoms with Crippen molar-refractivity contribution in [3.8, 4) is 0 Å². The predicted octanol–water partition coefficient (Wildman–Crippen LogP) is 0.00210. The lowest BCUT2D eigenvalue weighted by Crippen LogP contribution is -2.50. The van der Waals surface area contributed by atoms with Gasteiger partial charge < -0.3 is 9.84 Å². The minimum Gasteiger partial charge on any atom is -0.449 e. The molecule has 1 atom stereocenters. The second-order valence-electron chi connectivity index (χ2n) is 3.75. The average molecular weight is 281 g/mol. The quantitative estimate of drug-likeness (QED) is 0.458. The van der Waals surface area contributed by atoms with Crippen molar-refractivity contribution in [3.05, 3.63) is 22.7 Å². The van der Waals surface area contributed by atoms with Gasteiger partial charge in [-0.2, -0.15) is 0 Å². The van der Waals surface area contributed by atoms with E-state index in [4.69, 9.17) is 5.11 Å². The molecule has 9 nitrogen and oxygen atoms in total. The number of carbonyl (C=O) groups excluding carboxylic acids is 1. The van der Waals surface area contributed by atoms with Crippen LogP contribution in [0.15, 0.2) is 16.9 Å². The van der Waals surface area contributed by atoms with E-state index in [2.05, 4.69) is 20.3 Å². The van der Waals surface area contributed by atoms with Gasteiger partial charge in [0.1, 0.15) is 5.37 Å². The highest BCUT2D eigenvalue weighted by Crippen LogP contribution is 2.45. The number of hydrogen-bond donors (Lipinski definition) is 1. The van der Waals surface area contributed by atoms with Crippen LogP contribution in [-0.2, 0) is 16.6 Å². The molecule has 10 heteroatoms. The van der Waals surface area contributed by atoms with Crippen molar-refractivity contribution in [1.82, 2.24) is 25.1 Å². The summed E-state index contributed by atoms with van der Waals surface area (Å²) in [6.07, 6.45) is 0.129. The first-order valence-electron chi connectivity index (χ1n) is 5.12. The number of hydrogen-bond acceptors (Lipinski definition) is 7. The smallest absolute Gasteiger partial charge is 0.449 e. The second-order valence-corrected chi connectivity index (χ2v) is 4.70. The molecule has 3 rings (SSSR count). The lowest BCUT2D eigenvalue weighted by Gasteiger charge is -2.36. The third kappa shape index (κ3) is 1.76. The predicted molar refractivity (Wildman–Crippen MR) is 62.2 cm³/mol. The zero-order valence-corrected chi connectivity index (χ0v) is 10.4. The number of tetrazole rings is 1. The minimum absolute atomic E-state index is 0.0285. The van der Waals surface area contributed by atoms with Crippen LogP contribution in [0, 0.1) is 0 Å². The van der Waals surface area contributed by atoms with E-state index < -0.39 is 6.16 Å². The summed E-state index contributed by atoms with van der Waals surface area (Å²) in [7, 11) is 1.66. The molecule has 0 radical (unpaired) electrons. The first-order chi connectivity index (χ1) is 9.08. The van der Waals surface area contributed by atoms with Crippen LogP contribution in [0.3, 0.4) is 0 Å². The number of carbonyl (C=O) groups is 2. The molecule has 19 heavy (non-hydrogen) atoms. The Labute approximate surface area is 110 Å². The standard InChI is InChI=1S/C9H7N5O4S/c1-13-5(10-11-12-13)2-4-7(15)14-6(18-9(16)17)3-19-8(4)14/h2-3,8H,1H3,(H,16,17)/b4-2-/t8-/m0/s1. The molecule has 1 aromatic rings. The van der Waals surface area contributed by atoms with E-state index in [-0.39, 0.29) is 17.2 Å². The number of fused-ring (bicyclic) bond motifs is 1. The highest BCUT2D eigenvalue weighted by molar-refractivity contribution is 8.03. The third-order valence-corrected chi connectivity index (χ3v) is 3.69. The summed E-state index contributed by atoms with van der Waals surface area (Å²) < 4.78 is 5.95. The molecule has 1 amide bonds. The van der Waals surface area contributed by atoms with Gasteiger partial charge in [0.15, 0.2) is 5.82 Å². The molecular weight excluding hydrogens is 274 g/mol. The van der Waals surface area contributed by atoms with Crippen LogP contribution >= 0.6 is 11.8 Å². The molecule has 98 valence electrons. The van der Waals surface area contributed by atoms with E-state index in [1.807, 2.05) is 0 Å². The van der Waals surface area contributed by atoms with Crippen molar-refractivity contribution in [2.75, 3.05) is 0 Å². The van der Waals surface area contributed by atoms with Crippen LogP contribution < -0.4 is 0 Å². The van der Waals surface area contributed by atoms with Gasteiger partial charge in [-0.25, -0.2) is 9.48 Å². The Bertz CT molecular complexity index is 636. The molecule has 1 saturated heterocycles. The molecule has 0 spiro atoms. The second kappa shape index (κ2) is 4.09. The van der Waals surface area contributed by atoms with Crippen molar-refractivity contribution >= 4 is 29.9 Å². The zero-order valence-electron chi connectivity index (χ0n) is 9.55. The number of aromatic nitrogens is 4. The van der Waals surface area contributed by atoms with E-state index in [0.717, 1.165) is 0 Å². The van der Waals surface area contributed by atoms with Gasteiger partial charge in [-0.05, 0) is 16.5 Å². The number of rotatable bonds is 2. The Kier molecular flexibility index (Phi) is 2.52. The van der Waals surface area contributed by atoms with Gasteiger partial charge in [-0.1, -0.05) is 11.8 Å². The minimum atomic E-state index is -1.45. The molecule has 0 bridgehead atoms. The van der Waals surface area contributed by atoms with Gasteiger partial charge >= 0.3 is 6.16 Å². The Balaban J connectivity index is 1.81. The van der Waals surface area contributed by atoms with Gasteiger partial charge in [0.05, 0.1) is 5.57 Å². The molecule has 0 aromatic carbocycles. The van der Waals surface area contributed by atoms with Crippen LogP contribution in [0.2, 0.25) is 0 Å². The summed E-state index contributed by atoms with van der Waals surface area (Å²) >= 11 is 1.29. The van der Waals surface area contributed by atoms with Crippen molar-refractivity contribution < 1.29 is 19.4 Å². The Hall–Kier alpha value is -2.36. The summed E-state index contributed by atoms with van der Waals surface area (Å²) in [5.41, 5.74) is 0.503. The molecule has 2 aliphatic heterocycles. The summed E-state index contributed by atoms with van der Waals surface area (Å²) in [5.74, 6) is 0.169. The lowest BCUT2D eigenvalue weighted by atomic mass is 10.1. The molecule has 1 fully saturated rings. The third-order valence-electron chi connectivity index (χ3n) is 2.63. The van der Waals surface area contributed by atoms with Gasteiger partial charge in [-0.15, -0.1) is 5.10 Å². The topological polar surface area (TPSA) is 110 Å². The molecule has 2 aliphatic rings. The highest BCUT2D eigenvalue weighted by Gasteiger charge is 2.49. The normalized spacial score (nSPS) is 23.1. The lowest BCUT2D eigenvalue weighted by molar-refractivity contribution is -0.133. The van der Waals surface area contributed by atoms with E-state index in [1.165, 1.54) is 26.8 Å². The maximum atomic E-state index is 11.9. The van der Waals surface area contributed by atoms with E-state index in [1.54, 1.807) is 13.1 Å². The maximum Gasteiger partial charge on any atom is 0.512 e. The summed E-state index contributed by atoms with van der Waals surface area (Å²) in [6.45, 7) is 0. The largest absolute Gasteiger partial charge is 0.512 e. The van der Waals surface area contributed by atoms with E-state index in [0.29, 0.717) is 11.4 Å². The molecule has 0 aliphatic carbocycles. The Morgan fingerprint density at radius 2 is 2.42 bits per heavy atom. The van der Waals surface area contributed by atoms with Crippen LogP contribution in [0.1, 0.15) is 5.82 Å². The first-order valence-corrected chi connectivity index (χ1v) is 6.06. The molecule has 1 aromatic heterocycles. The SMILES string of the molecule is Cn1nnnc1/C=C1/C(=O)N2C(OC(=O)O)=CS[C@@H]12. The number of nitrogens with zero attached hydrogens (tertiary/aromatic N) is 5. The van der Waals surface area contributed by atoms with Gasteiger partial charge in [0.25, 0.3) is 5.91 Å². The maximum absolute atomic E-state index is 11.9. The Morgan fingerprint density at radius 1 is 1.63 bits per heavy atom. The molecule has 0 unspecified atom stereocenters. The van der Waals surface area contributed by atoms with E-state index in [9.17, 15) is 9.59 Å². The number of β-lactam (4-membered cyclic amide) rings is 1. The van der Waals surface area contributed by atoms with Crippen molar-refractivity contribution in [3.63, 3.8) is 0 Å². The number of carboxylic acid groups (broad SMARTS) is 1. The van der Waals surface area contributed by atoms with Crippen LogP contribution in [-0.4, -0.2) is 47.7 Å². The molecular formula is C9H7N5O4S. The monoisotopic (exact) mass is 281 g/mol. The first kappa shape index (κ1) is 11.7. The molecule has 0 saturated carbocycles. The summed E-state index contributed by atoms with van der Waals surface area (Å²) in [5, 5.41) is 20.6. The number of amides is 1. The zero-order chi connectivity index (χ0) is 13.6. The Morgan fingerprint density at radius 3 is 3.05 bits per heavy atom. The van der Waals surface area contributed by atoms with Crippen molar-refractivity contribution in [2.24, 2.45) is 7.05 Å². The van der Waals surface area contributed by atoms with Crippen LogP contribution in [0.5, 0.6) is 0 Å². The van der Waals surface area contributed by atoms with Crippen molar-refractivity contribution in [1.29, 1.82) is 0 Å². The van der Waals surface area contributed by atoms with Crippen LogP contribution in [0.4, 0.5) is 4.79 Å². The highest BCUT2D eigenvalue weighted by atomic mass is 32.2. The van der Waals surface area contributed by atoms with Gasteiger partial charge in [-0.3, -0.25) is 9.69 Å². The number of aryl methyl sites for hydroxylation is 1. The van der Waals surface area contributed by atoms with E-state index >= 15 is 0 Å². The summed E-state index contributed by atoms with van der Waals surface area (Å²) in [4.78, 5) is 23.7. The fraction of sp³-hybridized carbons (Fsp3) is 0.222. The van der Waals surface area contributed by atoms with Gasteiger partial charge in [0.2, 0.25) is 5.88 Å². The fourth-order valence-corrected chi connectivity index (χ4v) is 2.79. The number of ether oxygens (including phenoxy) is 1. The van der Waals surface area contributed by atoms with Gasteiger partial charge in [0, 0.05) is 12.5 Å². The van der Waals surface area contributed by atoms with Crippen molar-refractivity contribution in [2.45, 2.75) is 5.37 Å². The fourth-order valence-electron chi connectivity index (χ4n) is 1.75.